The first kappa shape index (κ1) is 15.4. The van der Waals surface area contributed by atoms with Crippen molar-refractivity contribution in [1.29, 1.82) is 0 Å². The van der Waals surface area contributed by atoms with Crippen LogP contribution in [0.2, 0.25) is 0 Å². The maximum atomic E-state index is 5.10. The lowest BCUT2D eigenvalue weighted by Gasteiger charge is -2.01. The van der Waals surface area contributed by atoms with Gasteiger partial charge < -0.3 is 5.73 Å². The van der Waals surface area contributed by atoms with Crippen LogP contribution < -0.4 is 5.73 Å². The molecule has 0 saturated heterocycles. The van der Waals surface area contributed by atoms with Crippen molar-refractivity contribution in [3.8, 4) is 12.0 Å². The summed E-state index contributed by atoms with van der Waals surface area (Å²) in [6, 6.07) is 2.45. The zero-order valence-electron chi connectivity index (χ0n) is 11.1. The van der Waals surface area contributed by atoms with E-state index in [1.807, 2.05) is 0 Å². The van der Waals surface area contributed by atoms with Crippen molar-refractivity contribution in [1.82, 2.24) is 0 Å². The van der Waals surface area contributed by atoms with Crippen LogP contribution >= 0.6 is 0 Å². The molecule has 0 aliphatic carbocycles. The molecule has 0 saturated carbocycles. The Morgan fingerprint density at radius 3 is 1.56 bits per heavy atom. The van der Waals surface area contributed by atoms with Crippen LogP contribution in [0.3, 0.4) is 0 Å². The van der Waals surface area contributed by atoms with Crippen molar-refractivity contribution in [2.75, 3.05) is 0 Å². The van der Waals surface area contributed by atoms with Crippen molar-refractivity contribution in [3.05, 3.63) is 0 Å². The summed E-state index contributed by atoms with van der Waals surface area (Å²) in [6.45, 7) is 2.27. The fourth-order valence-electron chi connectivity index (χ4n) is 1.95. The highest BCUT2D eigenvalue weighted by atomic mass is 14.4. The summed E-state index contributed by atoms with van der Waals surface area (Å²) in [5.41, 5.74) is 5.10. The Labute approximate surface area is 102 Å². The van der Waals surface area contributed by atoms with Gasteiger partial charge in [0.2, 0.25) is 0 Å². The van der Waals surface area contributed by atoms with Crippen LogP contribution in [0.4, 0.5) is 0 Å². The van der Waals surface area contributed by atoms with Gasteiger partial charge in [0.05, 0.1) is 0 Å². The van der Waals surface area contributed by atoms with Gasteiger partial charge in [-0.3, -0.25) is 0 Å². The molecular weight excluding hydrogens is 194 g/mol. The van der Waals surface area contributed by atoms with Gasteiger partial charge in [-0.1, -0.05) is 77.1 Å². The average Bonchev–Trinajstić information content (AvgIpc) is 2.31. The molecular formula is C15H29N. The molecule has 0 spiro atoms. The van der Waals surface area contributed by atoms with E-state index in [2.05, 4.69) is 18.9 Å². The Morgan fingerprint density at radius 2 is 1.12 bits per heavy atom. The molecule has 0 radical (unpaired) electrons. The van der Waals surface area contributed by atoms with Crippen LogP contribution in [-0.4, -0.2) is 0 Å². The number of nitrogens with two attached hydrogens (primary N) is 1. The molecule has 0 aliphatic rings. The summed E-state index contributed by atoms with van der Waals surface area (Å²) in [4.78, 5) is 0. The summed E-state index contributed by atoms with van der Waals surface area (Å²) in [5, 5.41) is 0. The molecule has 0 fully saturated rings. The molecule has 0 aromatic rings. The highest BCUT2D eigenvalue weighted by Gasteiger charge is 1.92. The summed E-state index contributed by atoms with van der Waals surface area (Å²) in [7, 11) is 0. The van der Waals surface area contributed by atoms with E-state index < -0.39 is 0 Å². The van der Waals surface area contributed by atoms with E-state index in [0.717, 1.165) is 6.42 Å². The first-order valence-corrected chi connectivity index (χ1v) is 7.10. The lowest BCUT2D eigenvalue weighted by atomic mass is 10.1. The fourth-order valence-corrected chi connectivity index (χ4v) is 1.95. The van der Waals surface area contributed by atoms with E-state index in [0.29, 0.717) is 0 Å². The Morgan fingerprint density at radius 1 is 0.688 bits per heavy atom. The molecule has 1 nitrogen and oxygen atoms in total. The maximum Gasteiger partial charge on any atom is 0.0107 e. The largest absolute Gasteiger partial charge is 0.359 e. The third-order valence-corrected chi connectivity index (χ3v) is 3.01. The van der Waals surface area contributed by atoms with Crippen LogP contribution in [0.15, 0.2) is 0 Å². The quantitative estimate of drug-likeness (QED) is 0.309. The van der Waals surface area contributed by atoms with Gasteiger partial charge in [-0.05, 0) is 6.42 Å². The number of rotatable bonds is 11. The topological polar surface area (TPSA) is 26.0 Å². The molecule has 0 aliphatic heterocycles. The zero-order valence-corrected chi connectivity index (χ0v) is 11.1. The summed E-state index contributed by atoms with van der Waals surface area (Å²) in [5.74, 6) is 2.91. The third kappa shape index (κ3) is 13.4. The molecule has 0 aromatic carbocycles. The van der Waals surface area contributed by atoms with Gasteiger partial charge in [-0.25, -0.2) is 0 Å². The van der Waals surface area contributed by atoms with Gasteiger partial charge in [-0.2, -0.15) is 0 Å². The van der Waals surface area contributed by atoms with Gasteiger partial charge in [0.15, 0.2) is 0 Å². The molecule has 1 heteroatoms. The second-order valence-corrected chi connectivity index (χ2v) is 4.61. The molecule has 16 heavy (non-hydrogen) atoms. The van der Waals surface area contributed by atoms with Crippen LogP contribution in [0.5, 0.6) is 0 Å². The highest BCUT2D eigenvalue weighted by Crippen LogP contribution is 2.11. The average molecular weight is 223 g/mol. The normalized spacial score (nSPS) is 9.81. The summed E-state index contributed by atoms with van der Waals surface area (Å²) < 4.78 is 0. The van der Waals surface area contributed by atoms with Crippen molar-refractivity contribution in [2.45, 2.75) is 84.0 Å². The van der Waals surface area contributed by atoms with Crippen molar-refractivity contribution < 1.29 is 0 Å². The van der Waals surface area contributed by atoms with Gasteiger partial charge >= 0.3 is 0 Å². The van der Waals surface area contributed by atoms with Crippen LogP contribution in [0.1, 0.15) is 84.0 Å². The zero-order chi connectivity index (χ0) is 11.9. The minimum absolute atomic E-state index is 0.980. The smallest absolute Gasteiger partial charge is 0.0107 e. The SMILES string of the molecule is CCCCCCCCCCCCCC#CN. The molecule has 2 N–H and O–H groups in total. The van der Waals surface area contributed by atoms with E-state index in [4.69, 9.17) is 5.73 Å². The Kier molecular flexibility index (Phi) is 13.8. The van der Waals surface area contributed by atoms with Crippen molar-refractivity contribution in [3.63, 3.8) is 0 Å². The molecule has 94 valence electrons. The van der Waals surface area contributed by atoms with E-state index in [1.165, 1.54) is 70.6 Å². The monoisotopic (exact) mass is 223 g/mol. The number of unbranched alkanes of at least 4 members (excludes halogenated alkanes) is 11. The lowest BCUT2D eigenvalue weighted by Crippen LogP contribution is -1.82. The van der Waals surface area contributed by atoms with E-state index >= 15 is 0 Å². The molecule has 0 rings (SSSR count). The second-order valence-electron chi connectivity index (χ2n) is 4.61. The van der Waals surface area contributed by atoms with Gasteiger partial charge in [0.25, 0.3) is 0 Å². The fraction of sp³-hybridized carbons (Fsp3) is 0.867. The number of hydrogen-bond donors (Lipinski definition) is 1. The van der Waals surface area contributed by atoms with E-state index in [9.17, 15) is 0 Å². The Bertz CT molecular complexity index is 176. The van der Waals surface area contributed by atoms with Crippen molar-refractivity contribution >= 4 is 0 Å². The van der Waals surface area contributed by atoms with Gasteiger partial charge in [0, 0.05) is 12.5 Å². The number of hydrogen-bond acceptors (Lipinski definition) is 1. The second kappa shape index (κ2) is 14.4. The van der Waals surface area contributed by atoms with E-state index in [-0.39, 0.29) is 0 Å². The summed E-state index contributed by atoms with van der Waals surface area (Å²) >= 11 is 0. The maximum absolute atomic E-state index is 5.10. The molecule has 0 aromatic heterocycles. The standard InChI is InChI=1S/C15H29N/c1-2-3-4-5-6-7-8-9-10-11-12-13-14-15-16/h2-13,16H2,1H3. The predicted molar refractivity (Wildman–Crippen MR) is 73.0 cm³/mol. The summed E-state index contributed by atoms with van der Waals surface area (Å²) in [6.07, 6.45) is 16.3. The van der Waals surface area contributed by atoms with Crippen LogP contribution in [0.25, 0.3) is 0 Å². The minimum atomic E-state index is 0.980. The van der Waals surface area contributed by atoms with Gasteiger partial charge in [-0.15, -0.1) is 0 Å². The third-order valence-electron chi connectivity index (χ3n) is 3.01. The molecule has 0 amide bonds. The first-order valence-electron chi connectivity index (χ1n) is 7.10. The highest BCUT2D eigenvalue weighted by molar-refractivity contribution is 4.93. The molecule has 0 bridgehead atoms. The van der Waals surface area contributed by atoms with E-state index in [1.54, 1.807) is 0 Å². The Balaban J connectivity index is 2.89. The first-order chi connectivity index (χ1) is 7.91. The van der Waals surface area contributed by atoms with Crippen molar-refractivity contribution in [2.24, 2.45) is 5.73 Å². The Hall–Kier alpha value is -0.640. The lowest BCUT2D eigenvalue weighted by molar-refractivity contribution is 0.551. The van der Waals surface area contributed by atoms with Crippen LogP contribution in [-0.2, 0) is 0 Å². The van der Waals surface area contributed by atoms with Gasteiger partial charge in [0.1, 0.15) is 0 Å². The molecule has 0 heterocycles. The predicted octanol–water partition coefficient (Wildman–Crippen LogP) is 4.61. The molecule has 0 atom stereocenters. The minimum Gasteiger partial charge on any atom is -0.359 e. The van der Waals surface area contributed by atoms with Crippen LogP contribution in [0, 0.1) is 12.0 Å². The molecule has 0 unspecified atom stereocenters.